The number of aryl methyl sites for hydroxylation is 1. The molecule has 2 unspecified atom stereocenters. The fraction of sp³-hybridized carbons (Fsp3) is 0.438. The molecule has 0 heterocycles. The van der Waals surface area contributed by atoms with E-state index in [0.29, 0.717) is 5.78 Å². The monoisotopic (exact) mass is 224 g/mol. The first-order valence-corrected chi connectivity index (χ1v) is 6.55. The summed E-state index contributed by atoms with van der Waals surface area (Å²) in [5.41, 5.74) is 3.07. The molecule has 86 valence electrons. The molecule has 1 heteroatoms. The van der Waals surface area contributed by atoms with Gasteiger partial charge in [0.05, 0.1) is 0 Å². The maximum atomic E-state index is 12.2. The Morgan fingerprint density at radius 2 is 1.76 bits per heavy atom. The highest BCUT2D eigenvalue weighted by atomic mass is 16.1. The van der Waals surface area contributed by atoms with Gasteiger partial charge in [-0.15, -0.1) is 0 Å². The minimum absolute atomic E-state index is 0.0316. The SMILES string of the molecule is O=C1CC23CC=CCC12CCc1ccccc13. The summed E-state index contributed by atoms with van der Waals surface area (Å²) in [5.74, 6) is 0.511. The summed E-state index contributed by atoms with van der Waals surface area (Å²) in [4.78, 5) is 12.2. The van der Waals surface area contributed by atoms with Gasteiger partial charge in [-0.2, -0.15) is 0 Å². The number of carbonyl (C=O) groups is 1. The molecular formula is C16H16O. The molecule has 4 rings (SSSR count). The molecule has 3 aliphatic carbocycles. The summed E-state index contributed by atoms with van der Waals surface area (Å²) in [6.07, 6.45) is 9.46. The molecule has 0 aromatic heterocycles. The highest BCUT2D eigenvalue weighted by Crippen LogP contribution is 2.66. The zero-order chi connectivity index (χ0) is 11.5. The maximum absolute atomic E-state index is 12.2. The minimum Gasteiger partial charge on any atom is -0.299 e. The van der Waals surface area contributed by atoms with Gasteiger partial charge in [0.15, 0.2) is 0 Å². The second kappa shape index (κ2) is 2.90. The molecule has 0 radical (unpaired) electrons. The van der Waals surface area contributed by atoms with Crippen LogP contribution < -0.4 is 0 Å². The Labute approximate surface area is 102 Å². The van der Waals surface area contributed by atoms with Crippen molar-refractivity contribution in [2.45, 2.75) is 37.5 Å². The molecule has 0 amide bonds. The van der Waals surface area contributed by atoms with Crippen LogP contribution in [-0.2, 0) is 16.6 Å². The molecule has 3 aliphatic rings. The summed E-state index contributed by atoms with van der Waals surface area (Å²) in [6.45, 7) is 0. The fourth-order valence-electron chi connectivity index (χ4n) is 4.42. The van der Waals surface area contributed by atoms with E-state index in [1.54, 1.807) is 0 Å². The highest BCUT2D eigenvalue weighted by molar-refractivity contribution is 5.96. The number of carbonyl (C=O) groups excluding carboxylic acids is 1. The molecule has 1 aromatic rings. The Kier molecular flexibility index (Phi) is 1.64. The van der Waals surface area contributed by atoms with Crippen LogP contribution in [0.1, 0.15) is 36.8 Å². The Bertz CT molecular complexity index is 542. The van der Waals surface area contributed by atoms with Crippen LogP contribution in [-0.4, -0.2) is 5.78 Å². The number of Topliss-reactive ketones (excluding diaryl/α,β-unsaturated/α-hetero) is 1. The smallest absolute Gasteiger partial charge is 0.141 e. The van der Waals surface area contributed by atoms with Gasteiger partial charge < -0.3 is 0 Å². The molecule has 1 nitrogen and oxygen atoms in total. The molecule has 1 fully saturated rings. The van der Waals surface area contributed by atoms with Crippen molar-refractivity contribution < 1.29 is 4.79 Å². The predicted molar refractivity (Wildman–Crippen MR) is 66.9 cm³/mol. The van der Waals surface area contributed by atoms with E-state index < -0.39 is 0 Å². The predicted octanol–water partition coefficient (Wildman–Crippen LogP) is 3.18. The molecule has 0 bridgehead atoms. The number of benzene rings is 1. The van der Waals surface area contributed by atoms with Crippen LogP contribution in [0.25, 0.3) is 0 Å². The van der Waals surface area contributed by atoms with Gasteiger partial charge >= 0.3 is 0 Å². The summed E-state index contributed by atoms with van der Waals surface area (Å²) in [7, 11) is 0. The lowest BCUT2D eigenvalue weighted by Gasteiger charge is -2.62. The first-order valence-electron chi connectivity index (χ1n) is 6.55. The number of hydrogen-bond acceptors (Lipinski definition) is 1. The zero-order valence-corrected chi connectivity index (χ0v) is 9.91. The van der Waals surface area contributed by atoms with E-state index in [1.807, 2.05) is 0 Å². The molecule has 0 aliphatic heterocycles. The van der Waals surface area contributed by atoms with Crippen LogP contribution in [0.2, 0.25) is 0 Å². The van der Waals surface area contributed by atoms with Gasteiger partial charge in [-0.3, -0.25) is 4.79 Å². The number of hydrogen-bond donors (Lipinski definition) is 0. The van der Waals surface area contributed by atoms with E-state index in [1.165, 1.54) is 11.1 Å². The Morgan fingerprint density at radius 1 is 1.00 bits per heavy atom. The van der Waals surface area contributed by atoms with Crippen molar-refractivity contribution >= 4 is 5.78 Å². The lowest BCUT2D eigenvalue weighted by atomic mass is 9.39. The molecular weight excluding hydrogens is 208 g/mol. The van der Waals surface area contributed by atoms with Crippen molar-refractivity contribution in [3.8, 4) is 0 Å². The van der Waals surface area contributed by atoms with Crippen LogP contribution in [0.4, 0.5) is 0 Å². The fourth-order valence-corrected chi connectivity index (χ4v) is 4.42. The second-order valence-corrected chi connectivity index (χ2v) is 5.80. The van der Waals surface area contributed by atoms with Crippen LogP contribution in [0.3, 0.4) is 0 Å². The quantitative estimate of drug-likeness (QED) is 0.619. The molecule has 0 N–H and O–H groups in total. The first kappa shape index (κ1) is 9.64. The van der Waals surface area contributed by atoms with Crippen molar-refractivity contribution in [1.82, 2.24) is 0 Å². The summed E-state index contributed by atoms with van der Waals surface area (Å²) >= 11 is 0. The van der Waals surface area contributed by atoms with Gasteiger partial charge in [-0.1, -0.05) is 36.4 Å². The van der Waals surface area contributed by atoms with Gasteiger partial charge in [-0.25, -0.2) is 0 Å². The zero-order valence-electron chi connectivity index (χ0n) is 9.91. The number of allylic oxidation sites excluding steroid dienone is 2. The van der Waals surface area contributed by atoms with Gasteiger partial charge in [-0.05, 0) is 36.8 Å². The van der Waals surface area contributed by atoms with Crippen molar-refractivity contribution in [2.24, 2.45) is 5.41 Å². The molecule has 0 saturated heterocycles. The van der Waals surface area contributed by atoms with Gasteiger partial charge in [0, 0.05) is 17.3 Å². The molecule has 0 spiro atoms. The number of ketones is 1. The second-order valence-electron chi connectivity index (χ2n) is 5.80. The van der Waals surface area contributed by atoms with E-state index >= 15 is 0 Å². The van der Waals surface area contributed by atoms with E-state index in [2.05, 4.69) is 36.4 Å². The van der Waals surface area contributed by atoms with Gasteiger partial charge in [0.25, 0.3) is 0 Å². The topological polar surface area (TPSA) is 17.1 Å². The number of rotatable bonds is 0. The lowest BCUT2D eigenvalue weighted by Crippen LogP contribution is -2.64. The van der Waals surface area contributed by atoms with Crippen LogP contribution in [0.5, 0.6) is 0 Å². The van der Waals surface area contributed by atoms with E-state index in [-0.39, 0.29) is 10.8 Å². The van der Waals surface area contributed by atoms with Crippen LogP contribution in [0.15, 0.2) is 36.4 Å². The number of fused-ring (bicyclic) bond motifs is 1. The van der Waals surface area contributed by atoms with Crippen molar-refractivity contribution in [1.29, 1.82) is 0 Å². The Hall–Kier alpha value is -1.37. The minimum atomic E-state index is -0.0316. The highest BCUT2D eigenvalue weighted by Gasteiger charge is 2.66. The Morgan fingerprint density at radius 3 is 2.59 bits per heavy atom. The lowest BCUT2D eigenvalue weighted by molar-refractivity contribution is -0.153. The standard InChI is InChI=1S/C16H16O/c17-14-11-16-9-4-3-8-15(14,16)10-7-12-5-1-2-6-13(12)16/h1-6H,7-11H2. The van der Waals surface area contributed by atoms with Crippen LogP contribution >= 0.6 is 0 Å². The molecule has 2 atom stereocenters. The third kappa shape index (κ3) is 0.910. The molecule has 1 saturated carbocycles. The molecule has 1 aromatic carbocycles. The Balaban J connectivity index is 1.97. The largest absolute Gasteiger partial charge is 0.299 e. The summed E-state index contributed by atoms with van der Waals surface area (Å²) < 4.78 is 0. The average Bonchev–Trinajstić information content (AvgIpc) is 2.37. The normalized spacial score (nSPS) is 37.8. The third-order valence-electron chi connectivity index (χ3n) is 5.37. The van der Waals surface area contributed by atoms with Gasteiger partial charge in [0.1, 0.15) is 5.78 Å². The summed E-state index contributed by atoms with van der Waals surface area (Å²) in [6, 6.07) is 8.76. The average molecular weight is 224 g/mol. The van der Waals surface area contributed by atoms with Crippen LogP contribution in [0, 0.1) is 5.41 Å². The van der Waals surface area contributed by atoms with E-state index in [9.17, 15) is 4.79 Å². The van der Waals surface area contributed by atoms with E-state index in [0.717, 1.165) is 32.1 Å². The van der Waals surface area contributed by atoms with E-state index in [4.69, 9.17) is 0 Å². The van der Waals surface area contributed by atoms with Crippen molar-refractivity contribution in [3.63, 3.8) is 0 Å². The van der Waals surface area contributed by atoms with Gasteiger partial charge in [0.2, 0.25) is 0 Å². The first-order chi connectivity index (χ1) is 8.29. The third-order valence-corrected chi connectivity index (χ3v) is 5.37. The van der Waals surface area contributed by atoms with Crippen molar-refractivity contribution in [3.05, 3.63) is 47.5 Å². The van der Waals surface area contributed by atoms with Crippen molar-refractivity contribution in [2.75, 3.05) is 0 Å². The molecule has 17 heavy (non-hydrogen) atoms. The maximum Gasteiger partial charge on any atom is 0.141 e. The summed E-state index contributed by atoms with van der Waals surface area (Å²) in [5, 5.41) is 0.